The lowest BCUT2D eigenvalue weighted by molar-refractivity contribution is 0.405. The average Bonchev–Trinajstić information content (AvgIpc) is 2.91. The highest BCUT2D eigenvalue weighted by Gasteiger charge is 2.22. The van der Waals surface area contributed by atoms with Gasteiger partial charge in [0, 0.05) is 19.8 Å². The van der Waals surface area contributed by atoms with Crippen molar-refractivity contribution < 1.29 is 12.8 Å². The zero-order valence-corrected chi connectivity index (χ0v) is 11.3. The molecule has 2 N–H and O–H groups in total. The van der Waals surface area contributed by atoms with Gasteiger partial charge in [-0.1, -0.05) is 6.07 Å². The van der Waals surface area contributed by atoms with Crippen LogP contribution >= 0.6 is 0 Å². The molecule has 102 valence electrons. The lowest BCUT2D eigenvalue weighted by Crippen LogP contribution is -2.27. The molecule has 0 aliphatic heterocycles. The molecule has 2 aromatic rings. The van der Waals surface area contributed by atoms with Gasteiger partial charge in [0.15, 0.2) is 5.03 Å². The minimum Gasteiger partial charge on any atom is -0.468 e. The Balaban J connectivity index is 2.20. The van der Waals surface area contributed by atoms with Gasteiger partial charge in [-0.05, 0) is 23.8 Å². The highest BCUT2D eigenvalue weighted by atomic mass is 32.2. The lowest BCUT2D eigenvalue weighted by atomic mass is 10.3. The first kappa shape index (κ1) is 13.7. The zero-order chi connectivity index (χ0) is 13.9. The largest absolute Gasteiger partial charge is 0.468 e. The van der Waals surface area contributed by atoms with Crippen LogP contribution in [0.4, 0.5) is 0 Å². The molecule has 2 aromatic heterocycles. The maximum atomic E-state index is 12.2. The van der Waals surface area contributed by atoms with E-state index in [-0.39, 0.29) is 11.6 Å². The molecule has 0 saturated carbocycles. The minimum absolute atomic E-state index is 0.00115. The molecule has 0 bridgehead atoms. The molecular formula is C12H15N3O3S. The van der Waals surface area contributed by atoms with E-state index in [9.17, 15) is 8.42 Å². The van der Waals surface area contributed by atoms with Crippen molar-refractivity contribution in [2.24, 2.45) is 5.73 Å². The van der Waals surface area contributed by atoms with Crippen molar-refractivity contribution in [3.63, 3.8) is 0 Å². The Labute approximate surface area is 111 Å². The van der Waals surface area contributed by atoms with E-state index in [1.165, 1.54) is 29.9 Å². The van der Waals surface area contributed by atoms with E-state index in [0.29, 0.717) is 12.3 Å². The second-order valence-electron chi connectivity index (χ2n) is 4.05. The van der Waals surface area contributed by atoms with E-state index in [0.717, 1.165) is 5.56 Å². The van der Waals surface area contributed by atoms with Gasteiger partial charge in [0.2, 0.25) is 0 Å². The van der Waals surface area contributed by atoms with Crippen LogP contribution in [0.25, 0.3) is 0 Å². The van der Waals surface area contributed by atoms with Crippen LogP contribution in [0.1, 0.15) is 11.3 Å². The zero-order valence-electron chi connectivity index (χ0n) is 10.5. The summed E-state index contributed by atoms with van der Waals surface area (Å²) in [5.74, 6) is 0.574. The van der Waals surface area contributed by atoms with E-state index < -0.39 is 10.0 Å². The number of nitrogens with zero attached hydrogens (tertiary/aromatic N) is 2. The quantitative estimate of drug-likeness (QED) is 0.881. The second-order valence-corrected chi connectivity index (χ2v) is 6.04. The summed E-state index contributed by atoms with van der Waals surface area (Å²) in [6.07, 6.45) is 2.97. The molecule has 0 aliphatic carbocycles. The van der Waals surface area contributed by atoms with E-state index >= 15 is 0 Å². The maximum absolute atomic E-state index is 12.2. The van der Waals surface area contributed by atoms with Crippen molar-refractivity contribution in [2.45, 2.75) is 18.1 Å². The molecule has 6 nitrogen and oxygen atoms in total. The summed E-state index contributed by atoms with van der Waals surface area (Å²) in [5, 5.41) is -0.00115. The van der Waals surface area contributed by atoms with E-state index in [2.05, 4.69) is 4.98 Å². The highest BCUT2D eigenvalue weighted by Crippen LogP contribution is 2.15. The Morgan fingerprint density at radius 1 is 1.37 bits per heavy atom. The molecule has 0 radical (unpaired) electrons. The molecule has 0 aromatic carbocycles. The fourth-order valence-electron chi connectivity index (χ4n) is 1.55. The molecule has 0 amide bonds. The fourth-order valence-corrected chi connectivity index (χ4v) is 2.59. The SMILES string of the molecule is CN(Cc1ccco1)S(=O)(=O)c1ccc(CN)cn1. The smallest absolute Gasteiger partial charge is 0.260 e. The van der Waals surface area contributed by atoms with Gasteiger partial charge in [-0.2, -0.15) is 4.31 Å². The van der Waals surface area contributed by atoms with Crippen molar-refractivity contribution in [2.75, 3.05) is 7.05 Å². The molecule has 0 aliphatic rings. The summed E-state index contributed by atoms with van der Waals surface area (Å²) in [6, 6.07) is 6.54. The molecule has 0 saturated heterocycles. The van der Waals surface area contributed by atoms with Gasteiger partial charge in [0.25, 0.3) is 10.0 Å². The minimum atomic E-state index is -3.62. The van der Waals surface area contributed by atoms with Gasteiger partial charge in [-0.3, -0.25) is 0 Å². The number of nitrogens with two attached hydrogens (primary N) is 1. The summed E-state index contributed by atoms with van der Waals surface area (Å²) in [7, 11) is -2.14. The predicted octanol–water partition coefficient (Wildman–Crippen LogP) is 0.954. The third-order valence-corrected chi connectivity index (χ3v) is 4.39. The standard InChI is InChI=1S/C12H15N3O3S/c1-15(9-11-3-2-6-18-11)19(16,17)12-5-4-10(7-13)8-14-12/h2-6,8H,7,9,13H2,1H3. The predicted molar refractivity (Wildman–Crippen MR) is 69.5 cm³/mol. The maximum Gasteiger partial charge on any atom is 0.260 e. The van der Waals surface area contributed by atoms with Crippen LogP contribution in [-0.4, -0.2) is 24.8 Å². The third-order valence-electron chi connectivity index (χ3n) is 2.67. The van der Waals surface area contributed by atoms with Crippen LogP contribution in [0, 0.1) is 0 Å². The fraction of sp³-hybridized carbons (Fsp3) is 0.250. The Kier molecular flexibility index (Phi) is 3.98. The molecule has 0 atom stereocenters. The van der Waals surface area contributed by atoms with Crippen molar-refractivity contribution in [1.29, 1.82) is 0 Å². The first-order valence-electron chi connectivity index (χ1n) is 5.68. The number of hydrogen-bond donors (Lipinski definition) is 1. The number of furan rings is 1. The number of sulfonamides is 1. The van der Waals surface area contributed by atoms with Crippen LogP contribution < -0.4 is 5.73 Å². The molecule has 0 spiro atoms. The number of hydrogen-bond acceptors (Lipinski definition) is 5. The summed E-state index contributed by atoms with van der Waals surface area (Å²) in [6.45, 7) is 0.491. The van der Waals surface area contributed by atoms with Crippen molar-refractivity contribution in [3.8, 4) is 0 Å². The van der Waals surface area contributed by atoms with Crippen molar-refractivity contribution >= 4 is 10.0 Å². The van der Waals surface area contributed by atoms with Crippen LogP contribution in [0.5, 0.6) is 0 Å². The molecule has 0 fully saturated rings. The summed E-state index contributed by atoms with van der Waals surface area (Å²) in [4.78, 5) is 3.93. The molecule has 7 heteroatoms. The highest BCUT2D eigenvalue weighted by molar-refractivity contribution is 7.89. The van der Waals surface area contributed by atoms with Crippen LogP contribution in [0.3, 0.4) is 0 Å². The summed E-state index contributed by atoms with van der Waals surface area (Å²) >= 11 is 0. The Morgan fingerprint density at radius 3 is 2.68 bits per heavy atom. The van der Waals surface area contributed by atoms with Crippen molar-refractivity contribution in [3.05, 3.63) is 48.0 Å². The van der Waals surface area contributed by atoms with E-state index in [4.69, 9.17) is 10.2 Å². The van der Waals surface area contributed by atoms with Crippen molar-refractivity contribution in [1.82, 2.24) is 9.29 Å². The van der Waals surface area contributed by atoms with Gasteiger partial charge in [0.1, 0.15) is 5.76 Å². The lowest BCUT2D eigenvalue weighted by Gasteiger charge is -2.15. The van der Waals surface area contributed by atoms with Crippen LogP contribution in [0.2, 0.25) is 0 Å². The van der Waals surface area contributed by atoms with Gasteiger partial charge < -0.3 is 10.2 Å². The molecule has 19 heavy (non-hydrogen) atoms. The van der Waals surface area contributed by atoms with Crippen LogP contribution in [-0.2, 0) is 23.1 Å². The number of pyridine rings is 1. The van der Waals surface area contributed by atoms with Gasteiger partial charge in [-0.25, -0.2) is 13.4 Å². The monoisotopic (exact) mass is 281 g/mol. The van der Waals surface area contributed by atoms with Gasteiger partial charge >= 0.3 is 0 Å². The van der Waals surface area contributed by atoms with E-state index in [1.807, 2.05) is 0 Å². The Morgan fingerprint density at radius 2 is 2.16 bits per heavy atom. The van der Waals surface area contributed by atoms with Crippen LogP contribution in [0.15, 0.2) is 46.2 Å². The first-order valence-corrected chi connectivity index (χ1v) is 7.12. The average molecular weight is 281 g/mol. The molecular weight excluding hydrogens is 266 g/mol. The topological polar surface area (TPSA) is 89.4 Å². The molecule has 2 heterocycles. The van der Waals surface area contributed by atoms with Gasteiger partial charge in [0.05, 0.1) is 12.8 Å². The third kappa shape index (κ3) is 3.01. The normalized spacial score (nSPS) is 11.9. The van der Waals surface area contributed by atoms with Gasteiger partial charge in [-0.15, -0.1) is 0 Å². The Bertz CT molecular complexity index is 621. The summed E-state index contributed by atoms with van der Waals surface area (Å²) in [5.41, 5.74) is 6.23. The molecule has 2 rings (SSSR count). The first-order chi connectivity index (χ1) is 9.04. The number of rotatable bonds is 5. The number of aromatic nitrogens is 1. The van der Waals surface area contributed by atoms with E-state index in [1.54, 1.807) is 18.2 Å². The Hall–Kier alpha value is -1.70. The second kappa shape index (κ2) is 5.52. The summed E-state index contributed by atoms with van der Waals surface area (Å²) < 4.78 is 30.8. The molecule has 0 unspecified atom stereocenters.